The standard InChI is InChI=1S/C14H25N3OS/c1-7-15-9-11(10(2)3)8-12-13(18-6)16-14(19-12)17(4)5/h8,10,15H,7,9H2,1-6H3. The summed E-state index contributed by atoms with van der Waals surface area (Å²) >= 11 is 1.66. The molecule has 1 aromatic rings. The van der Waals surface area contributed by atoms with Gasteiger partial charge in [0.05, 0.1) is 12.0 Å². The third-order valence-corrected chi connectivity index (χ3v) is 3.97. The molecule has 0 aliphatic rings. The van der Waals surface area contributed by atoms with Gasteiger partial charge in [-0.05, 0) is 18.5 Å². The summed E-state index contributed by atoms with van der Waals surface area (Å²) in [6.45, 7) is 8.43. The van der Waals surface area contributed by atoms with Gasteiger partial charge in [-0.1, -0.05) is 37.7 Å². The van der Waals surface area contributed by atoms with Crippen LogP contribution in [-0.2, 0) is 0 Å². The summed E-state index contributed by atoms with van der Waals surface area (Å²) in [6.07, 6.45) is 2.21. The number of hydrogen-bond donors (Lipinski definition) is 1. The number of aromatic nitrogens is 1. The molecule has 5 heteroatoms. The maximum atomic E-state index is 5.37. The van der Waals surface area contributed by atoms with Crippen LogP contribution in [-0.4, -0.2) is 39.3 Å². The molecule has 1 heterocycles. The number of likely N-dealkylation sites (N-methyl/N-ethyl adjacent to an activating group) is 1. The van der Waals surface area contributed by atoms with Crippen LogP contribution in [0, 0.1) is 5.92 Å². The van der Waals surface area contributed by atoms with Gasteiger partial charge in [-0.2, -0.15) is 4.98 Å². The number of rotatable bonds is 7. The third-order valence-electron chi connectivity index (χ3n) is 2.82. The molecule has 0 spiro atoms. The number of anilines is 1. The van der Waals surface area contributed by atoms with Crippen LogP contribution < -0.4 is 15.0 Å². The molecule has 0 aliphatic carbocycles. The Morgan fingerprint density at radius 3 is 2.63 bits per heavy atom. The second-order valence-corrected chi connectivity index (χ2v) is 5.93. The Kier molecular flexibility index (Phi) is 6.31. The van der Waals surface area contributed by atoms with E-state index in [1.54, 1.807) is 18.4 Å². The molecule has 4 nitrogen and oxygen atoms in total. The zero-order valence-electron chi connectivity index (χ0n) is 12.8. The van der Waals surface area contributed by atoms with Gasteiger partial charge in [0.25, 0.3) is 0 Å². The van der Waals surface area contributed by atoms with Gasteiger partial charge in [0.2, 0.25) is 5.88 Å². The summed E-state index contributed by atoms with van der Waals surface area (Å²) in [5.74, 6) is 1.22. The van der Waals surface area contributed by atoms with Crippen LogP contribution >= 0.6 is 11.3 Å². The van der Waals surface area contributed by atoms with Crippen LogP contribution in [0.5, 0.6) is 5.88 Å². The molecule has 0 fully saturated rings. The number of nitrogens with one attached hydrogen (secondary N) is 1. The van der Waals surface area contributed by atoms with Gasteiger partial charge in [0.15, 0.2) is 5.13 Å². The molecule has 0 aromatic carbocycles. The van der Waals surface area contributed by atoms with E-state index in [1.807, 2.05) is 19.0 Å². The molecule has 0 saturated carbocycles. The predicted octanol–water partition coefficient (Wildman–Crippen LogP) is 2.87. The number of nitrogens with zero attached hydrogens (tertiary/aromatic N) is 2. The molecule has 1 N–H and O–H groups in total. The van der Waals surface area contributed by atoms with Crippen LogP contribution in [0.15, 0.2) is 5.57 Å². The minimum absolute atomic E-state index is 0.508. The van der Waals surface area contributed by atoms with E-state index in [2.05, 4.69) is 37.1 Å². The topological polar surface area (TPSA) is 37.4 Å². The van der Waals surface area contributed by atoms with Crippen LogP contribution in [0.2, 0.25) is 0 Å². The van der Waals surface area contributed by atoms with Gasteiger partial charge in [-0.25, -0.2) is 0 Å². The van der Waals surface area contributed by atoms with Crippen molar-refractivity contribution in [3.8, 4) is 5.88 Å². The van der Waals surface area contributed by atoms with Gasteiger partial charge in [0.1, 0.15) is 0 Å². The van der Waals surface area contributed by atoms with Crippen molar-refractivity contribution in [2.45, 2.75) is 20.8 Å². The second kappa shape index (κ2) is 7.50. The lowest BCUT2D eigenvalue weighted by molar-refractivity contribution is 0.400. The van der Waals surface area contributed by atoms with Crippen LogP contribution in [0.3, 0.4) is 0 Å². The van der Waals surface area contributed by atoms with Crippen molar-refractivity contribution in [3.05, 3.63) is 10.5 Å². The van der Waals surface area contributed by atoms with Crippen LogP contribution in [0.4, 0.5) is 5.13 Å². The van der Waals surface area contributed by atoms with E-state index in [9.17, 15) is 0 Å². The van der Waals surface area contributed by atoms with E-state index in [-0.39, 0.29) is 0 Å². The lowest BCUT2D eigenvalue weighted by atomic mass is 10.0. The quantitative estimate of drug-likeness (QED) is 0.835. The Morgan fingerprint density at radius 1 is 1.47 bits per heavy atom. The fourth-order valence-corrected chi connectivity index (χ4v) is 2.53. The first-order valence-corrected chi connectivity index (χ1v) is 7.44. The van der Waals surface area contributed by atoms with Crippen molar-refractivity contribution in [2.24, 2.45) is 5.92 Å². The minimum atomic E-state index is 0.508. The molecule has 0 unspecified atom stereocenters. The molecule has 0 radical (unpaired) electrons. The molecule has 0 aliphatic heterocycles. The smallest absolute Gasteiger partial charge is 0.233 e. The maximum Gasteiger partial charge on any atom is 0.233 e. The normalized spacial score (nSPS) is 12.1. The van der Waals surface area contributed by atoms with Crippen molar-refractivity contribution in [1.82, 2.24) is 10.3 Å². The molecular weight excluding hydrogens is 258 g/mol. The first kappa shape index (κ1) is 16.0. The lowest BCUT2D eigenvalue weighted by Gasteiger charge is -2.11. The first-order valence-electron chi connectivity index (χ1n) is 6.62. The Morgan fingerprint density at radius 2 is 2.16 bits per heavy atom. The predicted molar refractivity (Wildman–Crippen MR) is 84.4 cm³/mol. The highest BCUT2D eigenvalue weighted by molar-refractivity contribution is 7.16. The summed E-state index contributed by atoms with van der Waals surface area (Å²) in [7, 11) is 5.66. The molecule has 1 aromatic heterocycles. The van der Waals surface area contributed by atoms with E-state index in [4.69, 9.17) is 4.74 Å². The number of thiazole rings is 1. The fraction of sp³-hybridized carbons (Fsp3) is 0.643. The van der Waals surface area contributed by atoms with E-state index in [0.717, 1.165) is 23.1 Å². The molecule has 0 saturated heterocycles. The summed E-state index contributed by atoms with van der Waals surface area (Å²) in [6, 6.07) is 0. The van der Waals surface area contributed by atoms with Crippen molar-refractivity contribution < 1.29 is 4.74 Å². The van der Waals surface area contributed by atoms with Crippen molar-refractivity contribution in [1.29, 1.82) is 0 Å². The highest BCUT2D eigenvalue weighted by Gasteiger charge is 2.13. The van der Waals surface area contributed by atoms with E-state index < -0.39 is 0 Å². The summed E-state index contributed by atoms with van der Waals surface area (Å²) in [5, 5.41) is 4.35. The zero-order valence-corrected chi connectivity index (χ0v) is 13.6. The molecule has 1 rings (SSSR count). The molecule has 0 bridgehead atoms. The van der Waals surface area contributed by atoms with Gasteiger partial charge >= 0.3 is 0 Å². The summed E-state index contributed by atoms with van der Waals surface area (Å²) in [5.41, 5.74) is 1.37. The average molecular weight is 283 g/mol. The Labute approximate surface area is 120 Å². The van der Waals surface area contributed by atoms with Crippen molar-refractivity contribution in [2.75, 3.05) is 39.2 Å². The van der Waals surface area contributed by atoms with Crippen molar-refractivity contribution >= 4 is 22.5 Å². The minimum Gasteiger partial charge on any atom is -0.480 e. The van der Waals surface area contributed by atoms with E-state index in [1.165, 1.54) is 5.57 Å². The Bertz CT molecular complexity index is 424. The zero-order chi connectivity index (χ0) is 14.4. The highest BCUT2D eigenvalue weighted by atomic mass is 32.1. The van der Waals surface area contributed by atoms with E-state index in [0.29, 0.717) is 11.8 Å². The second-order valence-electron chi connectivity index (χ2n) is 4.92. The monoisotopic (exact) mass is 283 g/mol. The highest BCUT2D eigenvalue weighted by Crippen LogP contribution is 2.33. The number of hydrogen-bond acceptors (Lipinski definition) is 5. The Balaban J connectivity index is 3.04. The molecule has 19 heavy (non-hydrogen) atoms. The van der Waals surface area contributed by atoms with Crippen LogP contribution in [0.25, 0.3) is 6.08 Å². The number of methoxy groups -OCH3 is 1. The van der Waals surface area contributed by atoms with Gasteiger partial charge < -0.3 is 15.0 Å². The number of ether oxygens (including phenoxy) is 1. The first-order chi connectivity index (χ1) is 8.99. The summed E-state index contributed by atoms with van der Waals surface area (Å²) in [4.78, 5) is 7.57. The van der Waals surface area contributed by atoms with Gasteiger partial charge in [-0.3, -0.25) is 0 Å². The Hall–Kier alpha value is -1.07. The fourth-order valence-electron chi connectivity index (χ4n) is 1.60. The SMILES string of the molecule is CCNCC(=Cc1sc(N(C)C)nc1OC)C(C)C. The molecule has 0 amide bonds. The van der Waals surface area contributed by atoms with Crippen molar-refractivity contribution in [3.63, 3.8) is 0 Å². The largest absolute Gasteiger partial charge is 0.480 e. The third kappa shape index (κ3) is 4.51. The van der Waals surface area contributed by atoms with Crippen LogP contribution in [0.1, 0.15) is 25.6 Å². The maximum absolute atomic E-state index is 5.37. The molecular formula is C14H25N3OS. The van der Waals surface area contributed by atoms with E-state index >= 15 is 0 Å². The molecule has 0 atom stereocenters. The summed E-state index contributed by atoms with van der Waals surface area (Å²) < 4.78 is 5.37. The molecule has 108 valence electrons. The lowest BCUT2D eigenvalue weighted by Crippen LogP contribution is -2.18. The van der Waals surface area contributed by atoms with Gasteiger partial charge in [0, 0.05) is 20.6 Å². The van der Waals surface area contributed by atoms with Gasteiger partial charge in [-0.15, -0.1) is 0 Å². The average Bonchev–Trinajstić information content (AvgIpc) is 2.77.